The fraction of sp³-hybridized carbons (Fsp3) is 0.650. The lowest BCUT2D eigenvalue weighted by molar-refractivity contribution is -0.0598. The Morgan fingerprint density at radius 3 is 2.60 bits per heavy atom. The van der Waals surface area contributed by atoms with Crippen LogP contribution in [-0.4, -0.2) is 40.7 Å². The van der Waals surface area contributed by atoms with Gasteiger partial charge < -0.3 is 4.74 Å². The third-order valence-electron chi connectivity index (χ3n) is 7.06. The first kappa shape index (κ1) is 16.3. The van der Waals surface area contributed by atoms with E-state index in [2.05, 4.69) is 10.5 Å². The summed E-state index contributed by atoms with van der Waals surface area (Å²) < 4.78 is 21.8. The fourth-order valence-corrected chi connectivity index (χ4v) is 7.23. The molecule has 2 aliphatic heterocycles. The molecule has 0 radical (unpaired) electrons. The predicted octanol–water partition coefficient (Wildman–Crippen LogP) is 4.39. The topological polar surface area (TPSA) is 24.8 Å². The minimum absolute atomic E-state index is 0.0453. The lowest BCUT2D eigenvalue weighted by Crippen LogP contribution is -2.70. The second-order valence-electron chi connectivity index (χ2n) is 7.93. The number of hydrogen-bond donors (Lipinski definition) is 0. The van der Waals surface area contributed by atoms with Gasteiger partial charge in [0.2, 0.25) is 0 Å². The number of halogens is 1. The van der Waals surface area contributed by atoms with Crippen LogP contribution >= 0.6 is 11.9 Å². The van der Waals surface area contributed by atoms with Gasteiger partial charge in [-0.1, -0.05) is 12.1 Å². The molecule has 0 amide bonds. The van der Waals surface area contributed by atoms with Crippen LogP contribution in [0, 0.1) is 11.7 Å². The number of benzene rings is 1. The molecule has 2 unspecified atom stereocenters. The van der Waals surface area contributed by atoms with E-state index in [-0.39, 0.29) is 16.9 Å². The average Bonchev–Trinajstić information content (AvgIpc) is 3.15. The molecule has 134 valence electrons. The summed E-state index contributed by atoms with van der Waals surface area (Å²) in [6.45, 7) is 1.81. The van der Waals surface area contributed by atoms with Crippen LogP contribution in [-0.2, 0) is 4.74 Å². The molecule has 1 spiro atoms. The highest BCUT2D eigenvalue weighted by Gasteiger charge is 2.66. The van der Waals surface area contributed by atoms with Gasteiger partial charge in [-0.15, -0.1) is 0 Å². The van der Waals surface area contributed by atoms with Crippen molar-refractivity contribution in [2.45, 2.75) is 55.5 Å². The standard InChI is InChI=1S/C20H25FN2OS/c21-17-4-2-15(3-5-17)18-16-6-9-19(10-7-16,20(18)8-1-11-22-20)23-12-13-24-14-25-23/h2-5,11,16,18H,1,6-10,12-14H2. The van der Waals surface area contributed by atoms with Crippen molar-refractivity contribution < 1.29 is 9.13 Å². The third kappa shape index (κ3) is 2.28. The number of ether oxygens (including phenoxy) is 1. The summed E-state index contributed by atoms with van der Waals surface area (Å²) in [7, 11) is 0. The first-order chi connectivity index (χ1) is 12.3. The molecule has 0 N–H and O–H groups in total. The van der Waals surface area contributed by atoms with E-state index in [4.69, 9.17) is 9.73 Å². The van der Waals surface area contributed by atoms with E-state index in [1.54, 1.807) is 12.1 Å². The molecule has 3 saturated carbocycles. The number of nitrogens with zero attached hydrogens (tertiary/aromatic N) is 2. The van der Waals surface area contributed by atoms with Crippen LogP contribution < -0.4 is 0 Å². The Balaban J connectivity index is 1.62. The molecular formula is C20H25FN2OS. The van der Waals surface area contributed by atoms with Crippen molar-refractivity contribution in [1.29, 1.82) is 0 Å². The lowest BCUT2D eigenvalue weighted by atomic mass is 9.48. The molecule has 2 atom stereocenters. The normalized spacial score (nSPS) is 40.8. The van der Waals surface area contributed by atoms with Crippen molar-refractivity contribution in [1.82, 2.24) is 4.31 Å². The van der Waals surface area contributed by atoms with Crippen molar-refractivity contribution in [2.24, 2.45) is 10.9 Å². The van der Waals surface area contributed by atoms with Crippen LogP contribution in [0.3, 0.4) is 0 Å². The van der Waals surface area contributed by atoms with Crippen molar-refractivity contribution >= 4 is 18.2 Å². The van der Waals surface area contributed by atoms with E-state index in [0.29, 0.717) is 11.8 Å². The summed E-state index contributed by atoms with van der Waals surface area (Å²) in [5, 5.41) is 0. The fourth-order valence-electron chi connectivity index (χ4n) is 6.12. The van der Waals surface area contributed by atoms with Gasteiger partial charge in [-0.05, 0) is 80.3 Å². The summed E-state index contributed by atoms with van der Waals surface area (Å²) >= 11 is 1.86. The van der Waals surface area contributed by atoms with E-state index in [0.717, 1.165) is 31.9 Å². The maximum Gasteiger partial charge on any atom is 0.123 e. The van der Waals surface area contributed by atoms with E-state index >= 15 is 0 Å². The minimum atomic E-state index is -0.146. The Morgan fingerprint density at radius 1 is 1.16 bits per heavy atom. The largest absolute Gasteiger partial charge is 0.368 e. The highest BCUT2D eigenvalue weighted by atomic mass is 32.2. The van der Waals surface area contributed by atoms with Gasteiger partial charge in [0.05, 0.1) is 17.7 Å². The van der Waals surface area contributed by atoms with Crippen LogP contribution in [0.25, 0.3) is 0 Å². The van der Waals surface area contributed by atoms with Crippen molar-refractivity contribution in [3.8, 4) is 0 Å². The zero-order valence-electron chi connectivity index (χ0n) is 14.5. The van der Waals surface area contributed by atoms with Gasteiger partial charge in [-0.25, -0.2) is 8.70 Å². The molecule has 1 aromatic carbocycles. The van der Waals surface area contributed by atoms with E-state index in [1.807, 2.05) is 24.1 Å². The zero-order valence-corrected chi connectivity index (χ0v) is 15.3. The summed E-state index contributed by atoms with van der Waals surface area (Å²) in [4.78, 5) is 5.22. The molecule has 3 nitrogen and oxygen atoms in total. The minimum Gasteiger partial charge on any atom is -0.368 e. The maximum atomic E-state index is 13.5. The molecule has 3 aliphatic carbocycles. The molecule has 25 heavy (non-hydrogen) atoms. The van der Waals surface area contributed by atoms with E-state index < -0.39 is 0 Å². The quantitative estimate of drug-likeness (QED) is 0.731. The number of fused-ring (bicyclic) bond motifs is 2. The first-order valence-electron chi connectivity index (χ1n) is 9.53. The van der Waals surface area contributed by atoms with Crippen LogP contribution in [0.1, 0.15) is 50.0 Å². The molecule has 6 rings (SSSR count). The van der Waals surface area contributed by atoms with Crippen molar-refractivity contribution in [3.63, 3.8) is 0 Å². The van der Waals surface area contributed by atoms with Gasteiger partial charge in [-0.2, -0.15) is 0 Å². The second-order valence-corrected chi connectivity index (χ2v) is 8.86. The highest BCUT2D eigenvalue weighted by molar-refractivity contribution is 7.96. The van der Waals surface area contributed by atoms with Gasteiger partial charge in [0, 0.05) is 12.5 Å². The Kier molecular flexibility index (Phi) is 3.95. The van der Waals surface area contributed by atoms with Gasteiger partial charge in [0.1, 0.15) is 11.8 Å². The van der Waals surface area contributed by atoms with Gasteiger partial charge in [0.15, 0.2) is 0 Å². The van der Waals surface area contributed by atoms with E-state index in [9.17, 15) is 4.39 Å². The number of aliphatic imine (C=N–C) groups is 1. The maximum absolute atomic E-state index is 13.5. The van der Waals surface area contributed by atoms with Crippen molar-refractivity contribution in [2.75, 3.05) is 19.1 Å². The SMILES string of the molecule is Fc1ccc(C2C3CCC(N4CCOCS4)(CC3)C23CCC=N3)cc1. The number of rotatable bonds is 2. The molecule has 5 heteroatoms. The van der Waals surface area contributed by atoms with E-state index in [1.165, 1.54) is 31.2 Å². The molecule has 0 aromatic heterocycles. The van der Waals surface area contributed by atoms with Gasteiger partial charge >= 0.3 is 0 Å². The molecule has 2 bridgehead atoms. The molecule has 1 aromatic rings. The Morgan fingerprint density at radius 2 is 1.96 bits per heavy atom. The zero-order chi connectivity index (χ0) is 16.9. The summed E-state index contributed by atoms with van der Waals surface area (Å²) in [6.07, 6.45) is 9.35. The van der Waals surface area contributed by atoms with Crippen LogP contribution in [0.4, 0.5) is 4.39 Å². The first-order valence-corrected chi connectivity index (χ1v) is 10.5. The summed E-state index contributed by atoms with van der Waals surface area (Å²) in [5.41, 5.74) is 1.37. The van der Waals surface area contributed by atoms with Gasteiger partial charge in [-0.3, -0.25) is 4.99 Å². The van der Waals surface area contributed by atoms with Crippen LogP contribution in [0.5, 0.6) is 0 Å². The molecule has 5 aliphatic rings. The predicted molar refractivity (Wildman–Crippen MR) is 99.4 cm³/mol. The molecule has 4 fully saturated rings. The molecule has 2 heterocycles. The Hall–Kier alpha value is -0.910. The monoisotopic (exact) mass is 360 g/mol. The second kappa shape index (κ2) is 6.07. The smallest absolute Gasteiger partial charge is 0.123 e. The summed E-state index contributed by atoms with van der Waals surface area (Å²) in [5.74, 6) is 1.70. The Bertz CT molecular complexity index is 665. The third-order valence-corrected chi connectivity index (χ3v) is 8.18. The Labute approximate surface area is 153 Å². The molecular weight excluding hydrogens is 335 g/mol. The average molecular weight is 360 g/mol. The number of hydrogen-bond acceptors (Lipinski definition) is 4. The van der Waals surface area contributed by atoms with Crippen molar-refractivity contribution in [3.05, 3.63) is 35.6 Å². The van der Waals surface area contributed by atoms with Crippen LogP contribution in [0.2, 0.25) is 0 Å². The highest BCUT2D eigenvalue weighted by Crippen LogP contribution is 2.65. The molecule has 1 saturated heterocycles. The van der Waals surface area contributed by atoms with Gasteiger partial charge in [0.25, 0.3) is 0 Å². The lowest BCUT2D eigenvalue weighted by Gasteiger charge is -2.65. The van der Waals surface area contributed by atoms with Crippen LogP contribution in [0.15, 0.2) is 29.3 Å². The summed E-state index contributed by atoms with van der Waals surface area (Å²) in [6, 6.07) is 7.27.